The topological polar surface area (TPSA) is 49.4 Å². The predicted molar refractivity (Wildman–Crippen MR) is 111 cm³/mol. The highest BCUT2D eigenvalue weighted by Gasteiger charge is 2.49. The van der Waals surface area contributed by atoms with Gasteiger partial charge in [0, 0.05) is 18.8 Å². The van der Waals surface area contributed by atoms with Crippen LogP contribution in [0.1, 0.15) is 43.9 Å². The highest BCUT2D eigenvalue weighted by molar-refractivity contribution is 6.00. The van der Waals surface area contributed by atoms with Gasteiger partial charge in [0.2, 0.25) is 11.8 Å². The Morgan fingerprint density at radius 2 is 1.64 bits per heavy atom. The van der Waals surface area contributed by atoms with Gasteiger partial charge < -0.3 is 10.2 Å². The summed E-state index contributed by atoms with van der Waals surface area (Å²) >= 11 is 0. The molecule has 146 valence electrons. The third-order valence-electron chi connectivity index (χ3n) is 5.88. The van der Waals surface area contributed by atoms with Crippen molar-refractivity contribution < 1.29 is 9.59 Å². The van der Waals surface area contributed by atoms with Crippen molar-refractivity contribution >= 4 is 17.5 Å². The molecule has 2 aromatic rings. The smallest absolute Gasteiger partial charge is 0.228 e. The molecule has 2 atom stereocenters. The molecule has 1 N–H and O–H groups in total. The summed E-state index contributed by atoms with van der Waals surface area (Å²) in [6.45, 7) is 7.81. The quantitative estimate of drug-likeness (QED) is 0.875. The van der Waals surface area contributed by atoms with E-state index >= 15 is 0 Å². The molecule has 2 aliphatic rings. The summed E-state index contributed by atoms with van der Waals surface area (Å²) in [7, 11) is 0. The second-order valence-corrected chi connectivity index (χ2v) is 9.01. The Kier molecular flexibility index (Phi) is 4.74. The van der Waals surface area contributed by atoms with E-state index in [-0.39, 0.29) is 29.1 Å². The molecule has 4 rings (SSSR count). The highest BCUT2D eigenvalue weighted by Crippen LogP contribution is 2.42. The monoisotopic (exact) mass is 376 g/mol. The van der Waals surface area contributed by atoms with Crippen molar-refractivity contribution in [3.8, 4) is 0 Å². The van der Waals surface area contributed by atoms with E-state index in [1.807, 2.05) is 35.2 Å². The Labute approximate surface area is 166 Å². The molecule has 0 radical (unpaired) electrons. The molecule has 0 saturated heterocycles. The summed E-state index contributed by atoms with van der Waals surface area (Å²) in [5.41, 5.74) is 4.46. The zero-order chi connectivity index (χ0) is 19.9. The van der Waals surface area contributed by atoms with Gasteiger partial charge in [-0.3, -0.25) is 9.59 Å². The van der Waals surface area contributed by atoms with Crippen LogP contribution in [-0.2, 0) is 28.0 Å². The van der Waals surface area contributed by atoms with Gasteiger partial charge in [0.25, 0.3) is 0 Å². The summed E-state index contributed by atoms with van der Waals surface area (Å²) in [5.74, 6) is -0.295. The third-order valence-corrected chi connectivity index (χ3v) is 5.88. The molecule has 1 aliphatic carbocycles. The van der Waals surface area contributed by atoms with Gasteiger partial charge >= 0.3 is 0 Å². The van der Waals surface area contributed by atoms with Crippen LogP contribution in [0.25, 0.3) is 0 Å². The second-order valence-electron chi connectivity index (χ2n) is 9.01. The number of nitrogens with zero attached hydrogens (tertiary/aromatic N) is 1. The fourth-order valence-corrected chi connectivity index (χ4v) is 4.15. The van der Waals surface area contributed by atoms with E-state index in [0.717, 1.165) is 24.2 Å². The molecule has 1 heterocycles. The number of hydrogen-bond donors (Lipinski definition) is 1. The zero-order valence-electron chi connectivity index (χ0n) is 16.9. The lowest BCUT2D eigenvalue weighted by atomic mass is 9.86. The molecule has 28 heavy (non-hydrogen) atoms. The average molecular weight is 377 g/mol. The minimum atomic E-state index is -0.210. The van der Waals surface area contributed by atoms with Crippen molar-refractivity contribution in [3.05, 3.63) is 65.2 Å². The van der Waals surface area contributed by atoms with Crippen molar-refractivity contribution in [1.29, 1.82) is 0 Å². The fourth-order valence-electron chi connectivity index (χ4n) is 4.15. The van der Waals surface area contributed by atoms with Crippen molar-refractivity contribution in [2.75, 3.05) is 11.9 Å². The van der Waals surface area contributed by atoms with Gasteiger partial charge in [0.05, 0.1) is 11.8 Å². The van der Waals surface area contributed by atoms with Crippen molar-refractivity contribution in [3.63, 3.8) is 0 Å². The first-order valence-electron chi connectivity index (χ1n) is 10.1. The number of anilines is 1. The van der Waals surface area contributed by atoms with E-state index in [2.05, 4.69) is 44.3 Å². The van der Waals surface area contributed by atoms with E-state index in [1.165, 1.54) is 11.1 Å². The van der Waals surface area contributed by atoms with Crippen molar-refractivity contribution in [1.82, 2.24) is 4.90 Å². The number of rotatable bonds is 3. The van der Waals surface area contributed by atoms with Crippen molar-refractivity contribution in [2.45, 2.75) is 45.6 Å². The van der Waals surface area contributed by atoms with Crippen LogP contribution in [0.5, 0.6) is 0 Å². The number of para-hydroxylation sites is 1. The number of amides is 2. The zero-order valence-corrected chi connectivity index (χ0v) is 16.9. The summed E-state index contributed by atoms with van der Waals surface area (Å²) in [6, 6.07) is 16.2. The molecule has 0 bridgehead atoms. The maximum Gasteiger partial charge on any atom is 0.228 e. The van der Waals surface area contributed by atoms with Crippen LogP contribution in [-0.4, -0.2) is 23.3 Å². The number of benzene rings is 2. The molecule has 1 saturated carbocycles. The molecule has 2 unspecified atom stereocenters. The Balaban J connectivity index is 1.40. The first-order valence-corrected chi connectivity index (χ1v) is 10.1. The van der Waals surface area contributed by atoms with Gasteiger partial charge in [-0.1, -0.05) is 63.2 Å². The summed E-state index contributed by atoms with van der Waals surface area (Å²) in [4.78, 5) is 27.6. The van der Waals surface area contributed by atoms with Gasteiger partial charge in [0.1, 0.15) is 0 Å². The molecule has 4 nitrogen and oxygen atoms in total. The average Bonchev–Trinajstić information content (AvgIpc) is 3.47. The first-order chi connectivity index (χ1) is 13.3. The van der Waals surface area contributed by atoms with Gasteiger partial charge in [-0.25, -0.2) is 0 Å². The second kappa shape index (κ2) is 7.08. The normalized spacial score (nSPS) is 21.0. The van der Waals surface area contributed by atoms with E-state index in [1.54, 1.807) is 0 Å². The Morgan fingerprint density at radius 1 is 0.964 bits per heavy atom. The number of fused-ring (bicyclic) bond motifs is 1. The van der Waals surface area contributed by atoms with Crippen LogP contribution in [0, 0.1) is 11.8 Å². The molecule has 0 aromatic heterocycles. The molecule has 4 heteroatoms. The lowest BCUT2D eigenvalue weighted by Crippen LogP contribution is -2.37. The van der Waals surface area contributed by atoms with Crippen LogP contribution in [0.2, 0.25) is 0 Å². The maximum absolute atomic E-state index is 12.9. The van der Waals surface area contributed by atoms with Crippen LogP contribution >= 0.6 is 0 Å². The molecular formula is C24H28N2O2. The standard InChI is InChI=1S/C24H28N2O2/c1-24(2,3)20-10-6-7-11-21(20)25-22(27)18-14-19(18)23(28)26-13-12-16-8-4-5-9-17(16)15-26/h4-11,18-19H,12-15H2,1-3H3,(H,25,27). The SMILES string of the molecule is CC(C)(C)c1ccccc1NC(=O)C1CC1C(=O)N1CCc2ccccc2C1. The van der Waals surface area contributed by atoms with Gasteiger partial charge in [-0.15, -0.1) is 0 Å². The van der Waals surface area contributed by atoms with E-state index in [9.17, 15) is 9.59 Å². The number of nitrogens with one attached hydrogen (secondary N) is 1. The van der Waals surface area contributed by atoms with Gasteiger partial charge in [0.15, 0.2) is 0 Å². The fraction of sp³-hybridized carbons (Fsp3) is 0.417. The Bertz CT molecular complexity index is 913. The van der Waals surface area contributed by atoms with Crippen LogP contribution in [0.3, 0.4) is 0 Å². The molecule has 2 amide bonds. The third kappa shape index (κ3) is 3.68. The molecule has 1 aliphatic heterocycles. The van der Waals surface area contributed by atoms with Crippen LogP contribution in [0.4, 0.5) is 5.69 Å². The minimum Gasteiger partial charge on any atom is -0.338 e. The number of carbonyl (C=O) groups excluding carboxylic acids is 2. The molecule has 2 aromatic carbocycles. The Morgan fingerprint density at radius 3 is 2.39 bits per heavy atom. The molecule has 0 spiro atoms. The summed E-state index contributed by atoms with van der Waals surface area (Å²) in [6.07, 6.45) is 1.55. The number of hydrogen-bond acceptors (Lipinski definition) is 2. The first kappa shape index (κ1) is 18.7. The lowest BCUT2D eigenvalue weighted by molar-refractivity contribution is -0.135. The lowest BCUT2D eigenvalue weighted by Gasteiger charge is -2.29. The van der Waals surface area contributed by atoms with Crippen LogP contribution in [0.15, 0.2) is 48.5 Å². The number of carbonyl (C=O) groups is 2. The van der Waals surface area contributed by atoms with E-state index in [4.69, 9.17) is 0 Å². The van der Waals surface area contributed by atoms with E-state index in [0.29, 0.717) is 13.0 Å². The van der Waals surface area contributed by atoms with Gasteiger partial charge in [-0.2, -0.15) is 0 Å². The summed E-state index contributed by atoms with van der Waals surface area (Å²) in [5, 5.41) is 3.07. The molecular weight excluding hydrogens is 348 g/mol. The minimum absolute atomic E-state index is 0.0348. The largest absolute Gasteiger partial charge is 0.338 e. The maximum atomic E-state index is 12.9. The van der Waals surface area contributed by atoms with E-state index < -0.39 is 0 Å². The predicted octanol–water partition coefficient (Wildman–Crippen LogP) is 4.14. The van der Waals surface area contributed by atoms with Gasteiger partial charge in [-0.05, 0) is 41.0 Å². The van der Waals surface area contributed by atoms with Crippen LogP contribution < -0.4 is 5.32 Å². The Hall–Kier alpha value is -2.62. The van der Waals surface area contributed by atoms with Crippen molar-refractivity contribution in [2.24, 2.45) is 11.8 Å². The summed E-state index contributed by atoms with van der Waals surface area (Å²) < 4.78 is 0. The highest BCUT2D eigenvalue weighted by atomic mass is 16.2. The molecule has 1 fully saturated rings.